The summed E-state index contributed by atoms with van der Waals surface area (Å²) in [7, 11) is 0. The first-order valence-electron chi connectivity index (χ1n) is 5.15. The highest BCUT2D eigenvalue weighted by atomic mass is 32.1. The monoisotopic (exact) mass is 245 g/mol. The van der Waals surface area contributed by atoms with Gasteiger partial charge in [0.25, 0.3) is 0 Å². The van der Waals surface area contributed by atoms with Crippen molar-refractivity contribution in [3.8, 4) is 10.4 Å². The lowest BCUT2D eigenvalue weighted by molar-refractivity contribution is -0.422. The Morgan fingerprint density at radius 1 is 1.24 bits per heavy atom. The second kappa shape index (κ2) is 4.93. The fourth-order valence-corrected chi connectivity index (χ4v) is 2.46. The van der Waals surface area contributed by atoms with Crippen LogP contribution in [0.2, 0.25) is 0 Å². The van der Waals surface area contributed by atoms with Gasteiger partial charge in [0.2, 0.25) is 5.70 Å². The third-order valence-electron chi connectivity index (χ3n) is 2.32. The number of hydrogen-bond donors (Lipinski definition) is 0. The average molecular weight is 245 g/mol. The Balaban J connectivity index is 2.29. The van der Waals surface area contributed by atoms with Crippen LogP contribution >= 0.6 is 11.3 Å². The van der Waals surface area contributed by atoms with Crippen molar-refractivity contribution in [2.75, 3.05) is 0 Å². The van der Waals surface area contributed by atoms with E-state index in [4.69, 9.17) is 0 Å². The minimum atomic E-state index is -0.373. The molecule has 0 unspecified atom stereocenters. The molecule has 1 heterocycles. The minimum Gasteiger partial charge on any atom is -0.259 e. The van der Waals surface area contributed by atoms with E-state index in [1.54, 1.807) is 17.4 Å². The van der Waals surface area contributed by atoms with E-state index >= 15 is 0 Å². The van der Waals surface area contributed by atoms with Gasteiger partial charge in [0, 0.05) is 22.8 Å². The first-order valence-corrected chi connectivity index (χ1v) is 5.96. The van der Waals surface area contributed by atoms with Crippen LogP contribution in [0, 0.1) is 10.1 Å². The Labute approximate surface area is 103 Å². The molecular formula is C13H11NO2S. The van der Waals surface area contributed by atoms with Gasteiger partial charge in [-0.2, -0.15) is 0 Å². The fourth-order valence-electron chi connectivity index (χ4n) is 1.45. The first-order chi connectivity index (χ1) is 8.16. The maximum absolute atomic E-state index is 10.5. The largest absolute Gasteiger partial charge is 0.259 e. The normalized spacial score (nSPS) is 11.5. The summed E-state index contributed by atoms with van der Waals surface area (Å²) in [5.41, 5.74) is 1.29. The summed E-state index contributed by atoms with van der Waals surface area (Å²) >= 11 is 1.55. The molecular weight excluding hydrogens is 234 g/mol. The molecule has 0 radical (unpaired) electrons. The number of rotatable bonds is 3. The van der Waals surface area contributed by atoms with Crippen LogP contribution in [0.25, 0.3) is 16.5 Å². The van der Waals surface area contributed by atoms with Crippen LogP contribution in [0.3, 0.4) is 0 Å². The lowest BCUT2D eigenvalue weighted by Crippen LogP contribution is -1.91. The third kappa shape index (κ3) is 2.79. The highest BCUT2D eigenvalue weighted by Crippen LogP contribution is 2.29. The van der Waals surface area contributed by atoms with E-state index in [0.29, 0.717) is 0 Å². The van der Waals surface area contributed by atoms with Crippen molar-refractivity contribution in [1.29, 1.82) is 0 Å². The van der Waals surface area contributed by atoms with Gasteiger partial charge in [0.15, 0.2) is 0 Å². The molecule has 0 aliphatic rings. The lowest BCUT2D eigenvalue weighted by Gasteiger charge is -1.94. The van der Waals surface area contributed by atoms with E-state index in [2.05, 4.69) is 0 Å². The summed E-state index contributed by atoms with van der Waals surface area (Å²) in [6, 6.07) is 13.9. The third-order valence-corrected chi connectivity index (χ3v) is 3.41. The zero-order valence-electron chi connectivity index (χ0n) is 9.29. The molecule has 0 fully saturated rings. The number of nitrogens with zero attached hydrogens (tertiary/aromatic N) is 1. The van der Waals surface area contributed by atoms with E-state index in [1.165, 1.54) is 6.92 Å². The van der Waals surface area contributed by atoms with Gasteiger partial charge in [-0.15, -0.1) is 11.3 Å². The second-order valence-corrected chi connectivity index (χ2v) is 4.73. The molecule has 0 aliphatic carbocycles. The number of hydrogen-bond acceptors (Lipinski definition) is 3. The quantitative estimate of drug-likeness (QED) is 0.604. The molecule has 0 bridgehead atoms. The summed E-state index contributed by atoms with van der Waals surface area (Å²) in [6.45, 7) is 1.50. The van der Waals surface area contributed by atoms with Crippen LogP contribution in [0.4, 0.5) is 0 Å². The summed E-state index contributed by atoms with van der Waals surface area (Å²) < 4.78 is 0. The highest BCUT2D eigenvalue weighted by molar-refractivity contribution is 7.16. The molecule has 0 saturated carbocycles. The fraction of sp³-hybridized carbons (Fsp3) is 0.0769. The highest BCUT2D eigenvalue weighted by Gasteiger charge is 2.05. The Morgan fingerprint density at radius 3 is 2.59 bits per heavy atom. The molecule has 17 heavy (non-hydrogen) atoms. The van der Waals surface area contributed by atoms with Crippen molar-refractivity contribution in [1.82, 2.24) is 0 Å². The molecule has 86 valence electrons. The van der Waals surface area contributed by atoms with Gasteiger partial charge in [-0.3, -0.25) is 10.1 Å². The SMILES string of the molecule is C/C(=C\c1ccc(-c2ccccc2)s1)[N+](=O)[O-]. The molecule has 1 aromatic carbocycles. The molecule has 4 heteroatoms. The molecule has 1 aromatic heterocycles. The second-order valence-electron chi connectivity index (χ2n) is 3.61. The van der Waals surface area contributed by atoms with Gasteiger partial charge in [0.1, 0.15) is 0 Å². The molecule has 3 nitrogen and oxygen atoms in total. The zero-order chi connectivity index (χ0) is 12.3. The molecule has 2 rings (SSSR count). The Hall–Kier alpha value is -1.94. The van der Waals surface area contributed by atoms with Crippen LogP contribution in [0.15, 0.2) is 48.2 Å². The number of nitro groups is 1. The summed E-state index contributed by atoms with van der Waals surface area (Å²) in [5, 5.41) is 10.5. The number of thiophene rings is 1. The Bertz CT molecular complexity index is 558. The Kier molecular flexibility index (Phi) is 3.35. The van der Waals surface area contributed by atoms with Crippen molar-refractivity contribution >= 4 is 17.4 Å². The van der Waals surface area contributed by atoms with Crippen LogP contribution in [-0.4, -0.2) is 4.92 Å². The van der Waals surface area contributed by atoms with Gasteiger partial charge in [-0.1, -0.05) is 30.3 Å². The van der Waals surface area contributed by atoms with Crippen molar-refractivity contribution in [2.45, 2.75) is 6.92 Å². The van der Waals surface area contributed by atoms with Crippen molar-refractivity contribution in [3.05, 3.63) is 63.2 Å². The molecule has 0 aliphatic heterocycles. The average Bonchev–Trinajstić information content (AvgIpc) is 2.78. The maximum Gasteiger partial charge on any atom is 0.244 e. The van der Waals surface area contributed by atoms with Crippen molar-refractivity contribution < 1.29 is 4.92 Å². The van der Waals surface area contributed by atoms with E-state index in [0.717, 1.165) is 15.3 Å². The molecule has 0 N–H and O–H groups in total. The van der Waals surface area contributed by atoms with Crippen molar-refractivity contribution in [3.63, 3.8) is 0 Å². The predicted octanol–water partition coefficient (Wildman–Crippen LogP) is 4.05. The molecule has 0 amide bonds. The van der Waals surface area contributed by atoms with Gasteiger partial charge < -0.3 is 0 Å². The van der Waals surface area contributed by atoms with Crippen LogP contribution in [0.1, 0.15) is 11.8 Å². The predicted molar refractivity (Wildman–Crippen MR) is 70.4 cm³/mol. The molecule has 0 atom stereocenters. The Morgan fingerprint density at radius 2 is 1.94 bits per heavy atom. The van der Waals surface area contributed by atoms with Crippen molar-refractivity contribution in [2.24, 2.45) is 0 Å². The summed E-state index contributed by atoms with van der Waals surface area (Å²) in [6.07, 6.45) is 1.59. The molecule has 0 saturated heterocycles. The van der Waals surface area contributed by atoms with Gasteiger partial charge in [0.05, 0.1) is 4.92 Å². The van der Waals surface area contributed by atoms with Crippen LogP contribution in [0.5, 0.6) is 0 Å². The zero-order valence-corrected chi connectivity index (χ0v) is 10.1. The van der Waals surface area contributed by atoms with Gasteiger partial charge in [-0.05, 0) is 17.7 Å². The van der Waals surface area contributed by atoms with E-state index in [-0.39, 0.29) is 10.6 Å². The molecule has 0 spiro atoms. The lowest BCUT2D eigenvalue weighted by atomic mass is 10.2. The van der Waals surface area contributed by atoms with E-state index in [1.807, 2.05) is 42.5 Å². The first kappa shape index (κ1) is 11.5. The van der Waals surface area contributed by atoms with E-state index in [9.17, 15) is 10.1 Å². The summed E-state index contributed by atoms with van der Waals surface area (Å²) in [5.74, 6) is 0. The van der Waals surface area contributed by atoms with Gasteiger partial charge in [-0.25, -0.2) is 0 Å². The maximum atomic E-state index is 10.5. The van der Waals surface area contributed by atoms with Crippen LogP contribution in [-0.2, 0) is 0 Å². The standard InChI is InChI=1S/C13H11NO2S/c1-10(14(15)16)9-12-7-8-13(17-12)11-5-3-2-4-6-11/h2-9H,1H3/b10-9+. The number of benzene rings is 1. The number of allylic oxidation sites excluding steroid dienone is 1. The van der Waals surface area contributed by atoms with Gasteiger partial charge >= 0.3 is 0 Å². The van der Waals surface area contributed by atoms with Crippen LogP contribution < -0.4 is 0 Å². The molecule has 2 aromatic rings. The minimum absolute atomic E-state index is 0.159. The topological polar surface area (TPSA) is 43.1 Å². The van der Waals surface area contributed by atoms with E-state index < -0.39 is 0 Å². The smallest absolute Gasteiger partial charge is 0.244 e. The summed E-state index contributed by atoms with van der Waals surface area (Å²) in [4.78, 5) is 12.2.